The van der Waals surface area contributed by atoms with Crippen LogP contribution in [0.15, 0.2) is 18.2 Å². The van der Waals surface area contributed by atoms with Gasteiger partial charge >= 0.3 is 6.09 Å². The number of carbonyl (C=O) groups excluding carboxylic acids is 1. The Morgan fingerprint density at radius 2 is 2.18 bits per heavy atom. The molecule has 1 aromatic rings. The Bertz CT molecular complexity index is 599. The maximum absolute atomic E-state index is 11.8. The van der Waals surface area contributed by atoms with Crippen LogP contribution in [0.25, 0.3) is 0 Å². The second-order valence-corrected chi connectivity index (χ2v) is 6.71. The lowest BCUT2D eigenvalue weighted by Crippen LogP contribution is -2.40. The van der Waals surface area contributed by atoms with Gasteiger partial charge in [-0.1, -0.05) is 6.07 Å². The summed E-state index contributed by atoms with van der Waals surface area (Å²) in [4.78, 5) is 14.0. The van der Waals surface area contributed by atoms with Crippen LogP contribution in [-0.4, -0.2) is 30.8 Å². The van der Waals surface area contributed by atoms with Crippen LogP contribution in [0.4, 0.5) is 10.5 Å². The molecule has 118 valence electrons. The van der Waals surface area contributed by atoms with Gasteiger partial charge in [0.05, 0.1) is 17.3 Å². The van der Waals surface area contributed by atoms with E-state index >= 15 is 0 Å². The standard InChI is InChI=1S/C17H23N3O2/c1-12-5-6-15(13(9-12)10-18)20-8-7-14(11-20)19-16(21)22-17(2,3)4/h5-6,9,14H,7-8,11H2,1-4H3,(H,19,21). The SMILES string of the molecule is Cc1ccc(N2CCC(NC(=O)OC(C)(C)C)C2)c(C#N)c1. The first-order valence-corrected chi connectivity index (χ1v) is 7.54. The number of nitrogens with one attached hydrogen (secondary N) is 1. The molecule has 1 fully saturated rings. The van der Waals surface area contributed by atoms with Crippen molar-refractivity contribution in [2.75, 3.05) is 18.0 Å². The lowest BCUT2D eigenvalue weighted by molar-refractivity contribution is 0.0509. The van der Waals surface area contributed by atoms with Crippen molar-refractivity contribution < 1.29 is 9.53 Å². The number of ether oxygens (including phenoxy) is 1. The molecule has 1 amide bonds. The number of rotatable bonds is 2. The second kappa shape index (κ2) is 6.27. The highest BCUT2D eigenvalue weighted by Crippen LogP contribution is 2.25. The molecule has 1 N–H and O–H groups in total. The van der Waals surface area contributed by atoms with Crippen molar-refractivity contribution >= 4 is 11.8 Å². The van der Waals surface area contributed by atoms with Crippen molar-refractivity contribution in [1.82, 2.24) is 5.32 Å². The third-order valence-corrected chi connectivity index (χ3v) is 3.52. The quantitative estimate of drug-likeness (QED) is 0.912. The van der Waals surface area contributed by atoms with Gasteiger partial charge in [0.1, 0.15) is 11.7 Å². The predicted octanol–water partition coefficient (Wildman–Crippen LogP) is 2.97. The first kappa shape index (κ1) is 16.2. The largest absolute Gasteiger partial charge is 0.444 e. The summed E-state index contributed by atoms with van der Waals surface area (Å²) in [5, 5.41) is 12.2. The molecule has 22 heavy (non-hydrogen) atoms. The number of alkyl carbamates (subject to hydrolysis) is 1. The fraction of sp³-hybridized carbons (Fsp3) is 0.529. The number of amides is 1. The zero-order valence-corrected chi connectivity index (χ0v) is 13.6. The van der Waals surface area contributed by atoms with E-state index in [4.69, 9.17) is 4.74 Å². The molecule has 0 aliphatic carbocycles. The van der Waals surface area contributed by atoms with Crippen molar-refractivity contribution in [2.45, 2.75) is 45.8 Å². The van der Waals surface area contributed by atoms with Gasteiger partial charge < -0.3 is 15.0 Å². The van der Waals surface area contributed by atoms with Crippen LogP contribution in [0.1, 0.15) is 38.3 Å². The predicted molar refractivity (Wildman–Crippen MR) is 85.9 cm³/mol. The number of benzene rings is 1. The van der Waals surface area contributed by atoms with E-state index < -0.39 is 5.60 Å². The van der Waals surface area contributed by atoms with Crippen LogP contribution in [0.2, 0.25) is 0 Å². The summed E-state index contributed by atoms with van der Waals surface area (Å²) >= 11 is 0. The van der Waals surface area contributed by atoms with Gasteiger partial charge in [-0.25, -0.2) is 4.79 Å². The normalized spacial score (nSPS) is 18.0. The summed E-state index contributed by atoms with van der Waals surface area (Å²) in [6, 6.07) is 8.16. The van der Waals surface area contributed by atoms with E-state index in [1.54, 1.807) is 0 Å². The van der Waals surface area contributed by atoms with Crippen molar-refractivity contribution in [1.29, 1.82) is 5.26 Å². The number of hydrogen-bond donors (Lipinski definition) is 1. The maximum atomic E-state index is 11.8. The lowest BCUT2D eigenvalue weighted by atomic mass is 10.1. The van der Waals surface area contributed by atoms with Gasteiger partial charge in [0.25, 0.3) is 0 Å². The van der Waals surface area contributed by atoms with Crippen molar-refractivity contribution in [3.05, 3.63) is 29.3 Å². The number of anilines is 1. The molecular weight excluding hydrogens is 278 g/mol. The van der Waals surface area contributed by atoms with Gasteiger partial charge in [-0.15, -0.1) is 0 Å². The van der Waals surface area contributed by atoms with Gasteiger partial charge in [0.2, 0.25) is 0 Å². The van der Waals surface area contributed by atoms with E-state index in [1.165, 1.54) is 0 Å². The first-order valence-electron chi connectivity index (χ1n) is 7.54. The number of nitrogens with zero attached hydrogens (tertiary/aromatic N) is 2. The number of hydrogen-bond acceptors (Lipinski definition) is 4. The van der Waals surface area contributed by atoms with E-state index in [0.29, 0.717) is 12.1 Å². The maximum Gasteiger partial charge on any atom is 0.407 e. The van der Waals surface area contributed by atoms with E-state index in [1.807, 2.05) is 45.9 Å². The Kier molecular flexibility index (Phi) is 4.60. The average Bonchev–Trinajstić information content (AvgIpc) is 2.84. The highest BCUT2D eigenvalue weighted by molar-refractivity contribution is 5.68. The minimum atomic E-state index is -0.493. The van der Waals surface area contributed by atoms with Gasteiger partial charge in [-0.05, 0) is 51.8 Å². The summed E-state index contributed by atoms with van der Waals surface area (Å²) in [5.74, 6) is 0. The molecule has 0 bridgehead atoms. The molecule has 0 aromatic heterocycles. The molecule has 5 nitrogen and oxygen atoms in total. The highest BCUT2D eigenvalue weighted by Gasteiger charge is 2.27. The zero-order valence-electron chi connectivity index (χ0n) is 13.6. The third-order valence-electron chi connectivity index (χ3n) is 3.52. The van der Waals surface area contributed by atoms with Crippen LogP contribution in [0.5, 0.6) is 0 Å². The van der Waals surface area contributed by atoms with Crippen LogP contribution < -0.4 is 10.2 Å². The molecule has 1 saturated heterocycles. The van der Waals surface area contributed by atoms with Crippen LogP contribution in [0, 0.1) is 18.3 Å². The molecule has 1 aliphatic heterocycles. The van der Waals surface area contributed by atoms with Crippen molar-refractivity contribution in [3.8, 4) is 6.07 Å². The van der Waals surface area contributed by atoms with Crippen LogP contribution >= 0.6 is 0 Å². The number of carbonyl (C=O) groups is 1. The molecule has 1 aliphatic rings. The molecule has 0 radical (unpaired) electrons. The molecule has 1 unspecified atom stereocenters. The molecule has 1 heterocycles. The molecule has 0 spiro atoms. The van der Waals surface area contributed by atoms with Gasteiger partial charge in [0.15, 0.2) is 0 Å². The molecule has 1 aromatic carbocycles. The first-order chi connectivity index (χ1) is 10.3. The topological polar surface area (TPSA) is 65.4 Å². The minimum absolute atomic E-state index is 0.0442. The van der Waals surface area contributed by atoms with Crippen molar-refractivity contribution in [2.24, 2.45) is 0 Å². The molecule has 5 heteroatoms. The Morgan fingerprint density at radius 1 is 1.45 bits per heavy atom. The van der Waals surface area contributed by atoms with E-state index in [9.17, 15) is 10.1 Å². The van der Waals surface area contributed by atoms with Crippen LogP contribution in [-0.2, 0) is 4.74 Å². The third kappa shape index (κ3) is 4.14. The summed E-state index contributed by atoms with van der Waals surface area (Å²) in [6.07, 6.45) is 0.460. The summed E-state index contributed by atoms with van der Waals surface area (Å²) in [7, 11) is 0. The van der Waals surface area contributed by atoms with Crippen LogP contribution in [0.3, 0.4) is 0 Å². The van der Waals surface area contributed by atoms with Crippen molar-refractivity contribution in [3.63, 3.8) is 0 Å². The molecule has 2 rings (SSSR count). The fourth-order valence-electron chi connectivity index (χ4n) is 2.59. The number of aryl methyl sites for hydroxylation is 1. The zero-order chi connectivity index (χ0) is 16.3. The summed E-state index contributed by atoms with van der Waals surface area (Å²) < 4.78 is 5.28. The van der Waals surface area contributed by atoms with Gasteiger partial charge in [-0.2, -0.15) is 5.26 Å². The van der Waals surface area contributed by atoms with E-state index in [-0.39, 0.29) is 12.1 Å². The number of nitriles is 1. The summed E-state index contributed by atoms with van der Waals surface area (Å²) in [5.41, 5.74) is 2.19. The van der Waals surface area contributed by atoms with E-state index in [0.717, 1.165) is 24.2 Å². The lowest BCUT2D eigenvalue weighted by Gasteiger charge is -2.23. The Hall–Kier alpha value is -2.22. The molecule has 1 atom stereocenters. The summed E-state index contributed by atoms with van der Waals surface area (Å²) in [6.45, 7) is 9.02. The smallest absolute Gasteiger partial charge is 0.407 e. The Morgan fingerprint density at radius 3 is 2.82 bits per heavy atom. The fourth-order valence-corrected chi connectivity index (χ4v) is 2.59. The minimum Gasteiger partial charge on any atom is -0.444 e. The van der Waals surface area contributed by atoms with Gasteiger partial charge in [-0.3, -0.25) is 0 Å². The average molecular weight is 301 g/mol. The highest BCUT2D eigenvalue weighted by atomic mass is 16.6. The Labute approximate surface area is 131 Å². The molecule has 0 saturated carbocycles. The monoisotopic (exact) mass is 301 g/mol. The van der Waals surface area contributed by atoms with E-state index in [2.05, 4.69) is 16.3 Å². The molecular formula is C17H23N3O2. The second-order valence-electron chi connectivity index (χ2n) is 6.71. The van der Waals surface area contributed by atoms with Gasteiger partial charge in [0, 0.05) is 13.1 Å². The Balaban J connectivity index is 1.99.